The van der Waals surface area contributed by atoms with Crippen LogP contribution in [0.25, 0.3) is 0 Å². The van der Waals surface area contributed by atoms with E-state index in [9.17, 15) is 4.79 Å². The third-order valence-corrected chi connectivity index (χ3v) is 3.96. The summed E-state index contributed by atoms with van der Waals surface area (Å²) in [6, 6.07) is 7.91. The highest BCUT2D eigenvalue weighted by Crippen LogP contribution is 2.30. The van der Waals surface area contributed by atoms with Crippen LogP contribution >= 0.6 is 15.9 Å². The van der Waals surface area contributed by atoms with Crippen molar-refractivity contribution in [2.75, 3.05) is 13.1 Å². The van der Waals surface area contributed by atoms with E-state index in [2.05, 4.69) is 22.9 Å². The molecule has 0 atom stereocenters. The van der Waals surface area contributed by atoms with Crippen LogP contribution in [0.1, 0.15) is 42.1 Å². The lowest BCUT2D eigenvalue weighted by atomic mass is 10.1. The predicted molar refractivity (Wildman–Crippen MR) is 78.0 cm³/mol. The van der Waals surface area contributed by atoms with Crippen molar-refractivity contribution in [3.8, 4) is 0 Å². The zero-order chi connectivity index (χ0) is 13.0. The van der Waals surface area contributed by atoms with Crippen molar-refractivity contribution in [1.29, 1.82) is 0 Å². The summed E-state index contributed by atoms with van der Waals surface area (Å²) < 4.78 is 0. The minimum atomic E-state index is 0.185. The molecule has 1 aromatic carbocycles. The molecule has 1 aromatic rings. The number of nitrogens with zero attached hydrogens (tertiary/aromatic N) is 1. The van der Waals surface area contributed by atoms with Gasteiger partial charge in [0.15, 0.2) is 0 Å². The summed E-state index contributed by atoms with van der Waals surface area (Å²) in [5, 5.41) is 0.836. The van der Waals surface area contributed by atoms with Gasteiger partial charge in [-0.2, -0.15) is 0 Å². The van der Waals surface area contributed by atoms with Crippen LogP contribution in [0.15, 0.2) is 24.3 Å². The zero-order valence-electron chi connectivity index (χ0n) is 10.9. The first-order chi connectivity index (χ1) is 8.74. The van der Waals surface area contributed by atoms with Gasteiger partial charge in [0.25, 0.3) is 5.91 Å². The summed E-state index contributed by atoms with van der Waals surface area (Å²) in [4.78, 5) is 14.4. The number of hydrogen-bond acceptors (Lipinski definition) is 1. The topological polar surface area (TPSA) is 20.3 Å². The van der Waals surface area contributed by atoms with E-state index in [0.29, 0.717) is 0 Å². The third-order valence-electron chi connectivity index (χ3n) is 3.31. The second-order valence-corrected chi connectivity index (χ2v) is 5.59. The number of halogens is 1. The Labute approximate surface area is 117 Å². The van der Waals surface area contributed by atoms with Gasteiger partial charge in [-0.25, -0.2) is 0 Å². The van der Waals surface area contributed by atoms with E-state index in [-0.39, 0.29) is 5.91 Å². The molecule has 3 heteroatoms. The maximum atomic E-state index is 12.4. The minimum Gasteiger partial charge on any atom is -0.338 e. The fourth-order valence-corrected chi connectivity index (χ4v) is 2.45. The highest BCUT2D eigenvalue weighted by molar-refractivity contribution is 9.08. The molecule has 1 aliphatic rings. The molecule has 0 unspecified atom stereocenters. The molecule has 0 heterocycles. The Balaban J connectivity index is 2.05. The summed E-state index contributed by atoms with van der Waals surface area (Å²) >= 11 is 3.42. The molecule has 1 aliphatic carbocycles. The van der Waals surface area contributed by atoms with Crippen LogP contribution in [0.4, 0.5) is 0 Å². The Kier molecular flexibility index (Phi) is 4.81. The molecule has 0 N–H and O–H groups in total. The van der Waals surface area contributed by atoms with E-state index in [4.69, 9.17) is 0 Å². The molecule has 0 aliphatic heterocycles. The maximum absolute atomic E-state index is 12.4. The number of hydrogen-bond donors (Lipinski definition) is 0. The van der Waals surface area contributed by atoms with Gasteiger partial charge in [0, 0.05) is 24.0 Å². The molecule has 0 bridgehead atoms. The van der Waals surface area contributed by atoms with Crippen molar-refractivity contribution in [2.24, 2.45) is 5.92 Å². The van der Waals surface area contributed by atoms with E-state index < -0.39 is 0 Å². The van der Waals surface area contributed by atoms with Gasteiger partial charge in [0.1, 0.15) is 0 Å². The fraction of sp³-hybridized carbons (Fsp3) is 0.533. The average Bonchev–Trinajstić information content (AvgIpc) is 3.21. The smallest absolute Gasteiger partial charge is 0.253 e. The average molecular weight is 310 g/mol. The van der Waals surface area contributed by atoms with E-state index in [0.717, 1.165) is 36.3 Å². The number of rotatable bonds is 6. The maximum Gasteiger partial charge on any atom is 0.253 e. The van der Waals surface area contributed by atoms with Gasteiger partial charge >= 0.3 is 0 Å². The molecule has 0 saturated heterocycles. The van der Waals surface area contributed by atoms with Crippen LogP contribution in [0.2, 0.25) is 0 Å². The van der Waals surface area contributed by atoms with Crippen LogP contribution in [-0.4, -0.2) is 23.9 Å². The van der Waals surface area contributed by atoms with E-state index in [1.807, 2.05) is 29.2 Å². The molecule has 1 fully saturated rings. The highest BCUT2D eigenvalue weighted by Gasteiger charge is 2.26. The van der Waals surface area contributed by atoms with Crippen LogP contribution in [-0.2, 0) is 5.33 Å². The highest BCUT2D eigenvalue weighted by atomic mass is 79.9. The minimum absolute atomic E-state index is 0.185. The number of benzene rings is 1. The monoisotopic (exact) mass is 309 g/mol. The Morgan fingerprint density at radius 2 is 2.00 bits per heavy atom. The lowest BCUT2D eigenvalue weighted by Crippen LogP contribution is -2.33. The molecule has 1 amide bonds. The first-order valence-electron chi connectivity index (χ1n) is 6.68. The lowest BCUT2D eigenvalue weighted by molar-refractivity contribution is 0.0747. The molecular weight excluding hydrogens is 290 g/mol. The standard InChI is InChI=1S/C15H20BrNO/c1-2-9-17(11-13-3-4-13)15(18)14-7-5-12(10-16)6-8-14/h5-8,13H,2-4,9-11H2,1H3. The summed E-state index contributed by atoms with van der Waals surface area (Å²) in [6.07, 6.45) is 3.60. The van der Waals surface area contributed by atoms with E-state index >= 15 is 0 Å². The molecule has 0 radical (unpaired) electrons. The fourth-order valence-electron chi connectivity index (χ4n) is 2.08. The van der Waals surface area contributed by atoms with Crippen LogP contribution in [0, 0.1) is 5.92 Å². The zero-order valence-corrected chi connectivity index (χ0v) is 12.4. The molecule has 1 saturated carbocycles. The number of carbonyl (C=O) groups excluding carboxylic acids is 1. The van der Waals surface area contributed by atoms with Crippen molar-refractivity contribution in [1.82, 2.24) is 4.90 Å². The number of carbonyl (C=O) groups is 1. The SMILES string of the molecule is CCCN(CC1CC1)C(=O)c1ccc(CBr)cc1. The first-order valence-corrected chi connectivity index (χ1v) is 7.81. The quantitative estimate of drug-likeness (QED) is 0.731. The molecular formula is C15H20BrNO. The molecule has 2 nitrogen and oxygen atoms in total. The largest absolute Gasteiger partial charge is 0.338 e. The molecule has 0 spiro atoms. The van der Waals surface area contributed by atoms with Crippen molar-refractivity contribution in [3.05, 3.63) is 35.4 Å². The second-order valence-electron chi connectivity index (χ2n) is 5.03. The van der Waals surface area contributed by atoms with Crippen LogP contribution < -0.4 is 0 Å². The lowest BCUT2D eigenvalue weighted by Gasteiger charge is -2.22. The number of alkyl halides is 1. The van der Waals surface area contributed by atoms with Gasteiger partial charge in [-0.3, -0.25) is 4.79 Å². The molecule has 98 valence electrons. The Hall–Kier alpha value is -0.830. The van der Waals surface area contributed by atoms with Gasteiger partial charge < -0.3 is 4.90 Å². The van der Waals surface area contributed by atoms with Gasteiger partial charge in [0.05, 0.1) is 0 Å². The summed E-state index contributed by atoms with van der Waals surface area (Å²) in [5.74, 6) is 0.937. The van der Waals surface area contributed by atoms with Crippen molar-refractivity contribution < 1.29 is 4.79 Å². The summed E-state index contributed by atoms with van der Waals surface area (Å²) in [6.45, 7) is 3.93. The van der Waals surface area contributed by atoms with Gasteiger partial charge in [0.2, 0.25) is 0 Å². The molecule has 2 rings (SSSR count). The van der Waals surface area contributed by atoms with Gasteiger partial charge in [-0.05, 0) is 42.9 Å². The van der Waals surface area contributed by atoms with Crippen LogP contribution in [0.3, 0.4) is 0 Å². The second kappa shape index (κ2) is 6.37. The Morgan fingerprint density at radius 1 is 1.33 bits per heavy atom. The van der Waals surface area contributed by atoms with E-state index in [1.165, 1.54) is 18.4 Å². The van der Waals surface area contributed by atoms with Crippen molar-refractivity contribution in [3.63, 3.8) is 0 Å². The normalized spacial score (nSPS) is 14.6. The predicted octanol–water partition coefficient (Wildman–Crippen LogP) is 3.84. The Morgan fingerprint density at radius 3 is 2.50 bits per heavy atom. The van der Waals surface area contributed by atoms with Crippen LogP contribution in [0.5, 0.6) is 0 Å². The summed E-state index contributed by atoms with van der Waals surface area (Å²) in [7, 11) is 0. The van der Waals surface area contributed by atoms with Crippen molar-refractivity contribution in [2.45, 2.75) is 31.5 Å². The molecule has 0 aromatic heterocycles. The van der Waals surface area contributed by atoms with E-state index in [1.54, 1.807) is 0 Å². The molecule has 18 heavy (non-hydrogen) atoms. The van der Waals surface area contributed by atoms with Gasteiger partial charge in [-0.1, -0.05) is 35.0 Å². The third kappa shape index (κ3) is 3.58. The first kappa shape index (κ1) is 13.6. The van der Waals surface area contributed by atoms with Crippen molar-refractivity contribution >= 4 is 21.8 Å². The summed E-state index contributed by atoms with van der Waals surface area (Å²) in [5.41, 5.74) is 2.02. The van der Waals surface area contributed by atoms with Gasteiger partial charge in [-0.15, -0.1) is 0 Å². The number of amides is 1. The Bertz CT molecular complexity index is 397.